The van der Waals surface area contributed by atoms with E-state index in [1.807, 2.05) is 0 Å². The van der Waals surface area contributed by atoms with E-state index in [4.69, 9.17) is 9.47 Å². The first kappa shape index (κ1) is 11.6. The number of benzene rings is 1. The second-order valence-electron chi connectivity index (χ2n) is 3.79. The van der Waals surface area contributed by atoms with Crippen molar-refractivity contribution < 1.29 is 14.4 Å². The van der Waals surface area contributed by atoms with Crippen molar-refractivity contribution >= 4 is 11.8 Å². The standard InChI is InChI=1S/C12H13NO4/c1-2-9-3-4-11(13(14)15)12(7-9)17-10-5-6-16-8-10/h2-4,7,10H,1,5-6,8H2. The Morgan fingerprint density at radius 3 is 3.00 bits per heavy atom. The molecule has 0 aromatic heterocycles. The average Bonchev–Trinajstić information content (AvgIpc) is 2.81. The summed E-state index contributed by atoms with van der Waals surface area (Å²) in [6.45, 7) is 4.75. The molecule has 1 aliphatic rings. The highest BCUT2D eigenvalue weighted by molar-refractivity contribution is 5.57. The van der Waals surface area contributed by atoms with Crippen LogP contribution in [-0.2, 0) is 4.74 Å². The zero-order chi connectivity index (χ0) is 12.3. The van der Waals surface area contributed by atoms with Crippen LogP contribution in [0.3, 0.4) is 0 Å². The molecule has 5 nitrogen and oxygen atoms in total. The number of nitro benzene ring substituents is 1. The van der Waals surface area contributed by atoms with E-state index >= 15 is 0 Å². The molecule has 1 fully saturated rings. The van der Waals surface area contributed by atoms with Crippen LogP contribution in [0, 0.1) is 10.1 Å². The van der Waals surface area contributed by atoms with Gasteiger partial charge in [0.25, 0.3) is 0 Å². The molecule has 17 heavy (non-hydrogen) atoms. The highest BCUT2D eigenvalue weighted by atomic mass is 16.6. The Kier molecular flexibility index (Phi) is 3.39. The topological polar surface area (TPSA) is 61.6 Å². The van der Waals surface area contributed by atoms with Crippen LogP contribution in [0.5, 0.6) is 5.75 Å². The van der Waals surface area contributed by atoms with E-state index in [2.05, 4.69) is 6.58 Å². The summed E-state index contributed by atoms with van der Waals surface area (Å²) in [6, 6.07) is 4.70. The van der Waals surface area contributed by atoms with Gasteiger partial charge in [-0.3, -0.25) is 10.1 Å². The summed E-state index contributed by atoms with van der Waals surface area (Å²) in [5, 5.41) is 10.9. The Hall–Kier alpha value is -1.88. The van der Waals surface area contributed by atoms with E-state index in [0.29, 0.717) is 13.2 Å². The lowest BCUT2D eigenvalue weighted by Gasteiger charge is -2.12. The van der Waals surface area contributed by atoms with Gasteiger partial charge in [-0.15, -0.1) is 0 Å². The van der Waals surface area contributed by atoms with Gasteiger partial charge in [-0.2, -0.15) is 0 Å². The minimum atomic E-state index is -0.446. The molecule has 0 N–H and O–H groups in total. The maximum atomic E-state index is 10.9. The number of hydrogen-bond acceptors (Lipinski definition) is 4. The van der Waals surface area contributed by atoms with Crippen molar-refractivity contribution in [2.24, 2.45) is 0 Å². The van der Waals surface area contributed by atoms with Gasteiger partial charge >= 0.3 is 5.69 Å². The third-order valence-corrected chi connectivity index (χ3v) is 2.60. The van der Waals surface area contributed by atoms with E-state index in [0.717, 1.165) is 12.0 Å². The van der Waals surface area contributed by atoms with Crippen molar-refractivity contribution in [3.63, 3.8) is 0 Å². The van der Waals surface area contributed by atoms with Crippen LogP contribution in [0.2, 0.25) is 0 Å². The van der Waals surface area contributed by atoms with Gasteiger partial charge in [-0.25, -0.2) is 0 Å². The first-order valence-electron chi connectivity index (χ1n) is 5.36. The smallest absolute Gasteiger partial charge is 0.310 e. The minimum Gasteiger partial charge on any atom is -0.481 e. The molecule has 1 aromatic carbocycles. The molecular weight excluding hydrogens is 222 g/mol. The van der Waals surface area contributed by atoms with Gasteiger partial charge < -0.3 is 9.47 Å². The van der Waals surface area contributed by atoms with E-state index < -0.39 is 4.92 Å². The number of rotatable bonds is 4. The van der Waals surface area contributed by atoms with E-state index in [1.54, 1.807) is 18.2 Å². The molecule has 90 valence electrons. The molecule has 0 radical (unpaired) electrons. The van der Waals surface area contributed by atoms with Crippen LogP contribution in [0.25, 0.3) is 6.08 Å². The van der Waals surface area contributed by atoms with Crippen molar-refractivity contribution in [1.82, 2.24) is 0 Å². The molecule has 2 rings (SSSR count). The van der Waals surface area contributed by atoms with Gasteiger partial charge in [0.15, 0.2) is 5.75 Å². The molecule has 1 aromatic rings. The summed E-state index contributed by atoms with van der Waals surface area (Å²) in [5.41, 5.74) is 0.770. The normalized spacial score (nSPS) is 18.9. The predicted octanol–water partition coefficient (Wildman–Crippen LogP) is 2.41. The lowest BCUT2D eigenvalue weighted by molar-refractivity contribution is -0.386. The SMILES string of the molecule is C=Cc1ccc([N+](=O)[O-])c(OC2CCOC2)c1. The lowest BCUT2D eigenvalue weighted by atomic mass is 10.2. The van der Waals surface area contributed by atoms with Crippen LogP contribution in [0.4, 0.5) is 5.69 Å². The zero-order valence-corrected chi connectivity index (χ0v) is 9.30. The fourth-order valence-corrected chi connectivity index (χ4v) is 1.69. The second kappa shape index (κ2) is 4.97. The average molecular weight is 235 g/mol. The van der Waals surface area contributed by atoms with Crippen molar-refractivity contribution in [3.8, 4) is 5.75 Å². The van der Waals surface area contributed by atoms with Crippen LogP contribution < -0.4 is 4.74 Å². The predicted molar refractivity (Wildman–Crippen MR) is 63.0 cm³/mol. The quantitative estimate of drug-likeness (QED) is 0.594. The second-order valence-corrected chi connectivity index (χ2v) is 3.79. The largest absolute Gasteiger partial charge is 0.481 e. The molecule has 1 saturated heterocycles. The van der Waals surface area contributed by atoms with Crippen LogP contribution in [-0.4, -0.2) is 24.2 Å². The third-order valence-electron chi connectivity index (χ3n) is 2.60. The van der Waals surface area contributed by atoms with Crippen LogP contribution in [0.1, 0.15) is 12.0 Å². The van der Waals surface area contributed by atoms with E-state index in [-0.39, 0.29) is 17.5 Å². The summed E-state index contributed by atoms with van der Waals surface area (Å²) in [4.78, 5) is 10.4. The summed E-state index contributed by atoms with van der Waals surface area (Å²) in [5.74, 6) is 0.280. The molecule has 0 spiro atoms. The lowest BCUT2D eigenvalue weighted by Crippen LogP contribution is -2.16. The Bertz CT molecular complexity index is 438. The fourth-order valence-electron chi connectivity index (χ4n) is 1.69. The van der Waals surface area contributed by atoms with Crippen molar-refractivity contribution in [2.45, 2.75) is 12.5 Å². The Balaban J connectivity index is 2.27. The van der Waals surface area contributed by atoms with Gasteiger partial charge in [-0.1, -0.05) is 12.7 Å². The number of ether oxygens (including phenoxy) is 2. The van der Waals surface area contributed by atoms with Crippen LogP contribution >= 0.6 is 0 Å². The molecule has 1 aliphatic heterocycles. The molecule has 1 atom stereocenters. The van der Waals surface area contributed by atoms with Crippen molar-refractivity contribution in [2.75, 3.05) is 13.2 Å². The zero-order valence-electron chi connectivity index (χ0n) is 9.30. The number of hydrogen-bond donors (Lipinski definition) is 0. The Morgan fingerprint density at radius 1 is 1.59 bits per heavy atom. The molecule has 5 heteroatoms. The first-order valence-corrected chi connectivity index (χ1v) is 5.36. The molecule has 0 amide bonds. The fraction of sp³-hybridized carbons (Fsp3) is 0.333. The monoisotopic (exact) mass is 235 g/mol. The van der Waals surface area contributed by atoms with Crippen molar-refractivity contribution in [1.29, 1.82) is 0 Å². The van der Waals surface area contributed by atoms with Gasteiger partial charge in [0.05, 0.1) is 18.1 Å². The number of nitro groups is 1. The van der Waals surface area contributed by atoms with Gasteiger partial charge in [0.2, 0.25) is 0 Å². The van der Waals surface area contributed by atoms with Gasteiger partial charge in [0.1, 0.15) is 6.10 Å². The van der Waals surface area contributed by atoms with E-state index in [1.165, 1.54) is 6.07 Å². The summed E-state index contributed by atoms with van der Waals surface area (Å²) < 4.78 is 10.8. The third kappa shape index (κ3) is 2.62. The maximum Gasteiger partial charge on any atom is 0.310 e. The summed E-state index contributed by atoms with van der Waals surface area (Å²) >= 11 is 0. The Morgan fingerprint density at radius 2 is 2.41 bits per heavy atom. The van der Waals surface area contributed by atoms with Crippen LogP contribution in [0.15, 0.2) is 24.8 Å². The first-order chi connectivity index (χ1) is 8.20. The molecule has 0 aliphatic carbocycles. The maximum absolute atomic E-state index is 10.9. The van der Waals surface area contributed by atoms with Gasteiger partial charge in [-0.05, 0) is 17.7 Å². The Labute approximate surface area is 98.8 Å². The summed E-state index contributed by atoms with van der Waals surface area (Å²) in [6.07, 6.45) is 2.28. The highest BCUT2D eigenvalue weighted by Gasteiger charge is 2.22. The summed E-state index contributed by atoms with van der Waals surface area (Å²) in [7, 11) is 0. The highest BCUT2D eigenvalue weighted by Crippen LogP contribution is 2.30. The molecule has 1 unspecified atom stereocenters. The van der Waals surface area contributed by atoms with Crippen molar-refractivity contribution in [3.05, 3.63) is 40.5 Å². The molecule has 1 heterocycles. The van der Waals surface area contributed by atoms with Gasteiger partial charge in [0, 0.05) is 12.5 Å². The molecule has 0 saturated carbocycles. The molecular formula is C12H13NO4. The van der Waals surface area contributed by atoms with E-state index in [9.17, 15) is 10.1 Å². The molecule has 0 bridgehead atoms. The number of nitrogens with zero attached hydrogens (tertiary/aromatic N) is 1. The minimum absolute atomic E-state index is 0.0255.